The third kappa shape index (κ3) is 1.45. The molecule has 0 saturated heterocycles. The highest BCUT2D eigenvalue weighted by atomic mass is 15.6. The van der Waals surface area contributed by atoms with Gasteiger partial charge in [0, 0.05) is 14.1 Å². The Morgan fingerprint density at radius 1 is 1.08 bits per heavy atom. The normalized spacial score (nSPS) is 17.7. The van der Waals surface area contributed by atoms with Gasteiger partial charge in [0.25, 0.3) is 0 Å². The van der Waals surface area contributed by atoms with E-state index in [9.17, 15) is 0 Å². The van der Waals surface area contributed by atoms with Gasteiger partial charge < -0.3 is 5.01 Å². The van der Waals surface area contributed by atoms with Crippen molar-refractivity contribution in [2.75, 3.05) is 14.1 Å². The van der Waals surface area contributed by atoms with Gasteiger partial charge in [-0.15, -0.1) is 0 Å². The van der Waals surface area contributed by atoms with Gasteiger partial charge in [-0.05, 0) is 11.6 Å². The van der Waals surface area contributed by atoms with Crippen molar-refractivity contribution in [2.45, 2.75) is 0 Å². The lowest BCUT2D eigenvalue weighted by Gasteiger charge is -2.24. The van der Waals surface area contributed by atoms with Crippen LogP contribution in [0.1, 0.15) is 5.56 Å². The Labute approximate surface area is 79.1 Å². The van der Waals surface area contributed by atoms with Gasteiger partial charge in [0.05, 0.1) is 5.70 Å². The number of hydrogen-bond acceptors (Lipinski definition) is 2. The second kappa shape index (κ2) is 3.23. The van der Waals surface area contributed by atoms with Crippen LogP contribution in [0.3, 0.4) is 0 Å². The molecule has 1 aliphatic rings. The average Bonchev–Trinajstić information content (AvgIpc) is 2.49. The maximum Gasteiger partial charge on any atom is 0.112 e. The van der Waals surface area contributed by atoms with E-state index < -0.39 is 0 Å². The maximum atomic E-state index is 3.12. The topological polar surface area (TPSA) is 6.48 Å². The van der Waals surface area contributed by atoms with Crippen molar-refractivity contribution >= 4 is 5.70 Å². The summed E-state index contributed by atoms with van der Waals surface area (Å²) in [7, 11) is 4.01. The van der Waals surface area contributed by atoms with Gasteiger partial charge in [-0.3, -0.25) is 0 Å². The Kier molecular flexibility index (Phi) is 2.07. The standard InChI is InChI=1S/C11H12N2/c1-12-9-8-11(13(12)2)10-6-4-3-5-7-10/h3-8H,1-2H3. The first-order valence-electron chi connectivity index (χ1n) is 4.28. The summed E-state index contributed by atoms with van der Waals surface area (Å²) < 4.78 is 0. The molecule has 2 rings (SSSR count). The first kappa shape index (κ1) is 8.32. The van der Waals surface area contributed by atoms with Crippen LogP contribution in [0.25, 0.3) is 5.70 Å². The summed E-state index contributed by atoms with van der Waals surface area (Å²) in [5.74, 6) is 0. The van der Waals surface area contributed by atoms with E-state index in [0.29, 0.717) is 0 Å². The Morgan fingerprint density at radius 2 is 1.77 bits per heavy atom. The first-order chi connectivity index (χ1) is 6.29. The van der Waals surface area contributed by atoms with Crippen LogP contribution in [0.15, 0.2) is 36.4 Å². The molecule has 13 heavy (non-hydrogen) atoms. The molecule has 0 amide bonds. The van der Waals surface area contributed by atoms with Crippen molar-refractivity contribution in [1.82, 2.24) is 10.0 Å². The van der Waals surface area contributed by atoms with Gasteiger partial charge in [0.2, 0.25) is 0 Å². The van der Waals surface area contributed by atoms with E-state index in [4.69, 9.17) is 0 Å². The fourth-order valence-corrected chi connectivity index (χ4v) is 1.38. The number of benzene rings is 1. The van der Waals surface area contributed by atoms with E-state index in [1.165, 1.54) is 11.3 Å². The molecule has 1 aromatic rings. The largest absolute Gasteiger partial charge is 0.308 e. The van der Waals surface area contributed by atoms with E-state index in [2.05, 4.69) is 23.7 Å². The summed E-state index contributed by atoms with van der Waals surface area (Å²) in [5, 5.41) is 4.00. The predicted molar refractivity (Wildman–Crippen MR) is 53.2 cm³/mol. The summed E-state index contributed by atoms with van der Waals surface area (Å²) in [6, 6.07) is 10.3. The summed E-state index contributed by atoms with van der Waals surface area (Å²) in [6.07, 6.45) is 2.00. The lowest BCUT2D eigenvalue weighted by molar-refractivity contribution is 0.157. The maximum absolute atomic E-state index is 3.12. The molecule has 0 atom stereocenters. The fourth-order valence-electron chi connectivity index (χ4n) is 1.38. The molecule has 0 bridgehead atoms. The first-order valence-corrected chi connectivity index (χ1v) is 4.28. The minimum atomic E-state index is 1.18. The van der Waals surface area contributed by atoms with E-state index in [1.54, 1.807) is 0 Å². The van der Waals surface area contributed by atoms with Crippen molar-refractivity contribution in [1.29, 1.82) is 0 Å². The van der Waals surface area contributed by atoms with Crippen LogP contribution in [0, 0.1) is 6.54 Å². The molecule has 1 aromatic carbocycles. The zero-order valence-corrected chi connectivity index (χ0v) is 7.86. The Bertz CT molecular complexity index is 316. The van der Waals surface area contributed by atoms with Crippen LogP contribution < -0.4 is 0 Å². The molecule has 1 heterocycles. The molecule has 0 spiro atoms. The zero-order valence-electron chi connectivity index (χ0n) is 7.86. The zero-order chi connectivity index (χ0) is 9.26. The predicted octanol–water partition coefficient (Wildman–Crippen LogP) is 1.86. The Hall–Kier alpha value is -1.28. The molecule has 0 aliphatic carbocycles. The lowest BCUT2D eigenvalue weighted by Crippen LogP contribution is -2.27. The van der Waals surface area contributed by atoms with E-state index in [1.807, 2.05) is 43.4 Å². The van der Waals surface area contributed by atoms with Crippen LogP contribution >= 0.6 is 0 Å². The SMILES string of the molecule is CN1[C]C=C(c2ccccc2)N1C. The van der Waals surface area contributed by atoms with Crippen LogP contribution in [-0.2, 0) is 0 Å². The molecule has 2 nitrogen and oxygen atoms in total. The molecular weight excluding hydrogens is 160 g/mol. The molecule has 0 aromatic heterocycles. The van der Waals surface area contributed by atoms with Crippen LogP contribution in [0.2, 0.25) is 0 Å². The highest BCUT2D eigenvalue weighted by molar-refractivity contribution is 5.66. The highest BCUT2D eigenvalue weighted by Gasteiger charge is 2.17. The van der Waals surface area contributed by atoms with Gasteiger partial charge in [-0.25, -0.2) is 5.01 Å². The molecule has 0 unspecified atom stereocenters. The molecule has 2 radical (unpaired) electrons. The third-order valence-electron chi connectivity index (χ3n) is 2.26. The van der Waals surface area contributed by atoms with Gasteiger partial charge in [0.15, 0.2) is 0 Å². The van der Waals surface area contributed by atoms with Gasteiger partial charge in [-0.1, -0.05) is 30.3 Å². The van der Waals surface area contributed by atoms with Gasteiger partial charge >= 0.3 is 0 Å². The van der Waals surface area contributed by atoms with Crippen molar-refractivity contribution in [3.8, 4) is 0 Å². The number of rotatable bonds is 1. The van der Waals surface area contributed by atoms with Crippen LogP contribution in [0.5, 0.6) is 0 Å². The van der Waals surface area contributed by atoms with Crippen molar-refractivity contribution in [3.05, 3.63) is 48.5 Å². The molecule has 66 valence electrons. The second-order valence-corrected chi connectivity index (χ2v) is 3.07. The van der Waals surface area contributed by atoms with Gasteiger partial charge in [0.1, 0.15) is 6.54 Å². The quantitative estimate of drug-likeness (QED) is 0.638. The number of likely N-dealkylation sites (N-methyl/N-ethyl adjacent to an activating group) is 1. The third-order valence-corrected chi connectivity index (χ3v) is 2.26. The number of hydrazine groups is 1. The second-order valence-electron chi connectivity index (χ2n) is 3.07. The molecule has 0 fully saturated rings. The number of nitrogens with zero attached hydrogens (tertiary/aromatic N) is 2. The van der Waals surface area contributed by atoms with Crippen LogP contribution in [-0.4, -0.2) is 24.1 Å². The molecule has 0 N–H and O–H groups in total. The smallest absolute Gasteiger partial charge is 0.112 e. The molecule has 1 aliphatic heterocycles. The number of hydrogen-bond donors (Lipinski definition) is 0. The van der Waals surface area contributed by atoms with E-state index >= 15 is 0 Å². The van der Waals surface area contributed by atoms with Crippen LogP contribution in [0.4, 0.5) is 0 Å². The Balaban J connectivity index is 2.29. The van der Waals surface area contributed by atoms with Crippen molar-refractivity contribution in [3.63, 3.8) is 0 Å². The minimum Gasteiger partial charge on any atom is -0.308 e. The average molecular weight is 172 g/mol. The van der Waals surface area contributed by atoms with E-state index in [0.717, 1.165) is 0 Å². The monoisotopic (exact) mass is 172 g/mol. The molecule has 2 heteroatoms. The Morgan fingerprint density at radius 3 is 2.31 bits per heavy atom. The van der Waals surface area contributed by atoms with Crippen molar-refractivity contribution < 1.29 is 0 Å². The minimum absolute atomic E-state index is 1.18. The lowest BCUT2D eigenvalue weighted by atomic mass is 10.1. The molecule has 0 saturated carbocycles. The summed E-state index contributed by atoms with van der Waals surface area (Å²) in [4.78, 5) is 0. The molecular formula is C11H12N2. The summed E-state index contributed by atoms with van der Waals surface area (Å²) >= 11 is 0. The van der Waals surface area contributed by atoms with Gasteiger partial charge in [-0.2, -0.15) is 0 Å². The summed E-state index contributed by atoms with van der Waals surface area (Å²) in [6.45, 7) is 3.12. The van der Waals surface area contributed by atoms with E-state index in [-0.39, 0.29) is 0 Å². The fraction of sp³-hybridized carbons (Fsp3) is 0.182. The van der Waals surface area contributed by atoms with Crippen molar-refractivity contribution in [2.24, 2.45) is 0 Å². The highest BCUT2D eigenvalue weighted by Crippen LogP contribution is 2.24. The summed E-state index contributed by atoms with van der Waals surface area (Å²) in [5.41, 5.74) is 2.41.